The first-order valence-electron chi connectivity index (χ1n) is 7.21. The van der Waals surface area contributed by atoms with E-state index in [1.54, 1.807) is 30.3 Å². The monoisotopic (exact) mass is 388 g/mol. The van der Waals surface area contributed by atoms with E-state index in [9.17, 15) is 9.90 Å². The van der Waals surface area contributed by atoms with Gasteiger partial charge in [0, 0.05) is 16.6 Å². The zero-order valence-corrected chi connectivity index (χ0v) is 15.2. The van der Waals surface area contributed by atoms with E-state index in [-0.39, 0.29) is 24.1 Å². The van der Waals surface area contributed by atoms with E-state index in [4.69, 9.17) is 28.9 Å². The molecule has 0 aromatic heterocycles. The van der Waals surface area contributed by atoms with Gasteiger partial charge in [-0.2, -0.15) is 0 Å². The van der Waals surface area contributed by atoms with Gasteiger partial charge in [0.05, 0.1) is 6.04 Å². The maximum absolute atomic E-state index is 12.0. The first-order chi connectivity index (χ1) is 11.0. The van der Waals surface area contributed by atoms with Crippen molar-refractivity contribution in [1.29, 1.82) is 0 Å². The van der Waals surface area contributed by atoms with Gasteiger partial charge in [0.2, 0.25) is 5.91 Å². The van der Waals surface area contributed by atoms with Crippen LogP contribution < -0.4 is 11.1 Å². The van der Waals surface area contributed by atoms with Crippen molar-refractivity contribution in [1.82, 2.24) is 5.32 Å². The molecule has 0 heterocycles. The Labute approximate surface area is 157 Å². The maximum atomic E-state index is 12.0. The molecule has 4 N–H and O–H groups in total. The van der Waals surface area contributed by atoms with E-state index in [0.29, 0.717) is 29.4 Å². The number of amides is 1. The summed E-state index contributed by atoms with van der Waals surface area (Å²) < 4.78 is 0. The second-order valence-corrected chi connectivity index (χ2v) is 6.10. The molecule has 0 saturated heterocycles. The molecule has 0 bridgehead atoms. The molecule has 0 aliphatic carbocycles. The summed E-state index contributed by atoms with van der Waals surface area (Å²) in [6, 6.07) is 11.3. The highest BCUT2D eigenvalue weighted by atomic mass is 35.5. The standard InChI is InChI=1S/C17H18Cl2N2O2.ClH/c18-13-4-3-12(15(19)10-13)9-16(20)17(23)21-8-7-11-1-5-14(22)6-2-11;/h1-6,10,16,22H,7-9,20H2,(H,21,23);1H/t16-;/m1./s1. The fourth-order valence-electron chi connectivity index (χ4n) is 2.14. The number of benzene rings is 2. The Kier molecular flexibility index (Phi) is 8.36. The van der Waals surface area contributed by atoms with Crippen molar-refractivity contribution in [2.45, 2.75) is 18.9 Å². The highest BCUT2D eigenvalue weighted by Crippen LogP contribution is 2.21. The van der Waals surface area contributed by atoms with Gasteiger partial charge >= 0.3 is 0 Å². The minimum Gasteiger partial charge on any atom is -0.508 e. The molecule has 0 unspecified atom stereocenters. The number of aromatic hydroxyl groups is 1. The highest BCUT2D eigenvalue weighted by Gasteiger charge is 2.15. The summed E-state index contributed by atoms with van der Waals surface area (Å²) in [4.78, 5) is 12.0. The van der Waals surface area contributed by atoms with Crippen molar-refractivity contribution < 1.29 is 9.90 Å². The number of carbonyl (C=O) groups is 1. The summed E-state index contributed by atoms with van der Waals surface area (Å²) in [5, 5.41) is 13.1. The largest absolute Gasteiger partial charge is 0.508 e. The molecule has 2 aromatic carbocycles. The van der Waals surface area contributed by atoms with Gasteiger partial charge in [0.15, 0.2) is 0 Å². The molecule has 7 heteroatoms. The summed E-state index contributed by atoms with van der Waals surface area (Å²) in [6.45, 7) is 0.478. The second kappa shape index (κ2) is 9.74. The third kappa shape index (κ3) is 6.21. The van der Waals surface area contributed by atoms with Gasteiger partial charge in [0.1, 0.15) is 5.75 Å². The average molecular weight is 390 g/mol. The van der Waals surface area contributed by atoms with Crippen LogP contribution in [-0.4, -0.2) is 23.6 Å². The fraction of sp³-hybridized carbons (Fsp3) is 0.235. The lowest BCUT2D eigenvalue weighted by Crippen LogP contribution is -2.42. The van der Waals surface area contributed by atoms with Crippen molar-refractivity contribution in [2.24, 2.45) is 5.73 Å². The summed E-state index contributed by atoms with van der Waals surface area (Å²) in [5.41, 5.74) is 7.73. The van der Waals surface area contributed by atoms with Crippen LogP contribution >= 0.6 is 35.6 Å². The van der Waals surface area contributed by atoms with Crippen LogP contribution in [0.1, 0.15) is 11.1 Å². The molecule has 0 aliphatic rings. The minimum atomic E-state index is -0.673. The first kappa shape index (κ1) is 20.6. The Hall–Kier alpha value is -1.46. The number of hydrogen-bond donors (Lipinski definition) is 3. The van der Waals surface area contributed by atoms with Gasteiger partial charge in [-0.25, -0.2) is 0 Å². The van der Waals surface area contributed by atoms with Crippen LogP contribution in [0, 0.1) is 0 Å². The predicted molar refractivity (Wildman–Crippen MR) is 100 cm³/mol. The molecule has 0 fully saturated rings. The molecule has 2 rings (SSSR count). The Morgan fingerprint density at radius 1 is 1.17 bits per heavy atom. The lowest BCUT2D eigenvalue weighted by molar-refractivity contribution is -0.122. The average Bonchev–Trinajstić information content (AvgIpc) is 2.51. The van der Waals surface area contributed by atoms with Crippen molar-refractivity contribution in [2.75, 3.05) is 6.54 Å². The van der Waals surface area contributed by atoms with Crippen LogP contribution in [0.15, 0.2) is 42.5 Å². The van der Waals surface area contributed by atoms with Crippen molar-refractivity contribution in [3.05, 3.63) is 63.6 Å². The van der Waals surface area contributed by atoms with Crippen molar-refractivity contribution in [3.63, 3.8) is 0 Å². The Balaban J connectivity index is 0.00000288. The minimum absolute atomic E-state index is 0. The Morgan fingerprint density at radius 3 is 2.46 bits per heavy atom. The molecular formula is C17H19Cl3N2O2. The van der Waals surface area contributed by atoms with Gasteiger partial charge in [-0.15, -0.1) is 12.4 Å². The normalized spacial score (nSPS) is 11.5. The summed E-state index contributed by atoms with van der Waals surface area (Å²) in [5.74, 6) is -0.00514. The number of hydrogen-bond acceptors (Lipinski definition) is 3. The summed E-state index contributed by atoms with van der Waals surface area (Å²) in [7, 11) is 0. The van der Waals surface area contributed by atoms with Gasteiger partial charge < -0.3 is 16.2 Å². The Morgan fingerprint density at radius 2 is 1.83 bits per heavy atom. The topological polar surface area (TPSA) is 75.4 Å². The Bertz CT molecular complexity index is 678. The SMILES string of the molecule is Cl.N[C@H](Cc1ccc(Cl)cc1Cl)C(=O)NCCc1ccc(O)cc1. The number of phenols is 1. The number of phenolic OH excluding ortho intramolecular Hbond substituents is 1. The zero-order chi connectivity index (χ0) is 16.8. The van der Waals surface area contributed by atoms with Crippen LogP contribution in [0.5, 0.6) is 5.75 Å². The quantitative estimate of drug-likeness (QED) is 0.709. The molecule has 24 heavy (non-hydrogen) atoms. The van der Waals surface area contributed by atoms with E-state index in [0.717, 1.165) is 11.1 Å². The molecule has 1 amide bonds. The summed E-state index contributed by atoms with van der Waals surface area (Å²) >= 11 is 11.9. The third-order valence-corrected chi connectivity index (χ3v) is 4.03. The number of rotatable bonds is 6. The van der Waals surface area contributed by atoms with Crippen molar-refractivity contribution in [3.8, 4) is 5.75 Å². The van der Waals surface area contributed by atoms with E-state index in [1.165, 1.54) is 0 Å². The molecule has 130 valence electrons. The smallest absolute Gasteiger partial charge is 0.237 e. The van der Waals surface area contributed by atoms with Crippen LogP contribution in [0.4, 0.5) is 0 Å². The van der Waals surface area contributed by atoms with Gasteiger partial charge in [-0.1, -0.05) is 41.4 Å². The number of carbonyl (C=O) groups excluding carboxylic acids is 1. The molecular weight excluding hydrogens is 371 g/mol. The van der Waals surface area contributed by atoms with Crippen LogP contribution in [0.3, 0.4) is 0 Å². The molecule has 2 aromatic rings. The van der Waals surface area contributed by atoms with Gasteiger partial charge in [-0.05, 0) is 48.2 Å². The second-order valence-electron chi connectivity index (χ2n) is 5.25. The van der Waals surface area contributed by atoms with E-state index in [2.05, 4.69) is 5.32 Å². The number of nitrogens with two attached hydrogens (primary N) is 1. The van der Waals surface area contributed by atoms with Crippen LogP contribution in [0.2, 0.25) is 10.0 Å². The van der Waals surface area contributed by atoms with Gasteiger partial charge in [-0.3, -0.25) is 4.79 Å². The number of halogens is 3. The predicted octanol–water partition coefficient (Wildman–Crippen LogP) is 3.35. The molecule has 1 atom stereocenters. The zero-order valence-electron chi connectivity index (χ0n) is 12.8. The van der Waals surface area contributed by atoms with Gasteiger partial charge in [0.25, 0.3) is 0 Å². The highest BCUT2D eigenvalue weighted by molar-refractivity contribution is 6.35. The summed E-state index contributed by atoms with van der Waals surface area (Å²) in [6.07, 6.45) is 1.02. The molecule has 4 nitrogen and oxygen atoms in total. The first-order valence-corrected chi connectivity index (χ1v) is 7.96. The third-order valence-electron chi connectivity index (χ3n) is 3.44. The molecule has 0 saturated carbocycles. The van der Waals surface area contributed by atoms with Crippen LogP contribution in [0.25, 0.3) is 0 Å². The molecule has 0 radical (unpaired) electrons. The van der Waals surface area contributed by atoms with E-state index >= 15 is 0 Å². The van der Waals surface area contributed by atoms with Crippen molar-refractivity contribution >= 4 is 41.5 Å². The number of nitrogens with one attached hydrogen (secondary N) is 1. The van der Waals surface area contributed by atoms with E-state index < -0.39 is 6.04 Å². The van der Waals surface area contributed by atoms with E-state index in [1.807, 2.05) is 12.1 Å². The lowest BCUT2D eigenvalue weighted by atomic mass is 10.1. The lowest BCUT2D eigenvalue weighted by Gasteiger charge is -2.13. The molecule has 0 aliphatic heterocycles. The van der Waals surface area contributed by atoms with Crippen LogP contribution in [-0.2, 0) is 17.6 Å². The fourth-order valence-corrected chi connectivity index (χ4v) is 2.63. The maximum Gasteiger partial charge on any atom is 0.237 e. The molecule has 0 spiro atoms.